The average Bonchev–Trinajstić information content (AvgIpc) is 2.14. The Hall–Kier alpha value is -1.86. The van der Waals surface area contributed by atoms with Crippen LogP contribution in [0, 0.1) is 29.1 Å². The van der Waals surface area contributed by atoms with Gasteiger partial charge in [0, 0.05) is 16.7 Å². The largest absolute Gasteiger partial charge is 0.399 e. The zero-order valence-corrected chi connectivity index (χ0v) is 9.39. The lowest BCUT2D eigenvalue weighted by Crippen LogP contribution is -1.98. The molecule has 0 aliphatic heterocycles. The molecule has 0 fully saturated rings. The molecule has 0 saturated carbocycles. The molecule has 0 radical (unpaired) electrons. The van der Waals surface area contributed by atoms with Gasteiger partial charge < -0.3 is 5.73 Å². The lowest BCUT2D eigenvalue weighted by Gasteiger charge is -2.05. The molecule has 1 aromatic rings. The third kappa shape index (κ3) is 4.79. The van der Waals surface area contributed by atoms with Gasteiger partial charge in [-0.25, -0.2) is 0 Å². The van der Waals surface area contributed by atoms with Gasteiger partial charge in [0.05, 0.1) is 0 Å². The highest BCUT2D eigenvalue weighted by molar-refractivity contribution is 5.46. The molecule has 2 N–H and O–H groups in total. The third-order valence-electron chi connectivity index (χ3n) is 1.62. The molecule has 0 bridgehead atoms. The van der Waals surface area contributed by atoms with Crippen LogP contribution in [0.1, 0.15) is 26.3 Å². The zero-order valence-electron chi connectivity index (χ0n) is 9.39. The molecule has 0 spiro atoms. The molecule has 0 aromatic heterocycles. The summed E-state index contributed by atoms with van der Waals surface area (Å²) in [6.45, 7) is 6.18. The van der Waals surface area contributed by atoms with Crippen molar-refractivity contribution in [1.82, 2.24) is 0 Å². The Bertz CT molecular complexity index is 439. The molecule has 1 rings (SSSR count). The minimum atomic E-state index is 0.00972. The van der Waals surface area contributed by atoms with Crippen LogP contribution in [-0.4, -0.2) is 0 Å². The Kier molecular flexibility index (Phi) is 3.42. The quantitative estimate of drug-likeness (QED) is 0.502. The molecule has 0 aliphatic carbocycles. The first-order valence-corrected chi connectivity index (χ1v) is 4.86. The van der Waals surface area contributed by atoms with Gasteiger partial charge in [0.1, 0.15) is 0 Å². The van der Waals surface area contributed by atoms with Crippen LogP contribution in [0.3, 0.4) is 0 Å². The fraction of sp³-hybridized carbons (Fsp3) is 0.286. The van der Waals surface area contributed by atoms with Crippen molar-refractivity contribution in [3.8, 4) is 23.7 Å². The maximum Gasteiger partial charge on any atom is 0.0314 e. The number of rotatable bonds is 0. The van der Waals surface area contributed by atoms with Crippen molar-refractivity contribution in [2.24, 2.45) is 5.41 Å². The molecule has 1 nitrogen and oxygen atoms in total. The monoisotopic (exact) mass is 197 g/mol. The van der Waals surface area contributed by atoms with Crippen molar-refractivity contribution in [3.05, 3.63) is 29.8 Å². The van der Waals surface area contributed by atoms with Crippen molar-refractivity contribution >= 4 is 5.69 Å². The minimum absolute atomic E-state index is 0.00972. The molecule has 15 heavy (non-hydrogen) atoms. The smallest absolute Gasteiger partial charge is 0.0314 e. The van der Waals surface area contributed by atoms with Crippen molar-refractivity contribution in [2.75, 3.05) is 5.73 Å². The molecule has 1 aromatic carbocycles. The lowest BCUT2D eigenvalue weighted by molar-refractivity contribution is 0.571. The molecule has 1 heteroatoms. The standard InChI is InChI=1S/C14H15N/c1-14(2,3)11-5-4-6-12-7-9-13(15)10-8-12/h7-10H,15H2,1-3H3. The Balaban J connectivity index is 2.74. The van der Waals surface area contributed by atoms with Gasteiger partial charge >= 0.3 is 0 Å². The van der Waals surface area contributed by atoms with E-state index in [1.807, 2.05) is 24.3 Å². The first kappa shape index (κ1) is 11.2. The van der Waals surface area contributed by atoms with E-state index in [1.54, 1.807) is 0 Å². The molecular formula is C14H15N. The normalized spacial score (nSPS) is 9.53. The Morgan fingerprint density at radius 1 is 1.00 bits per heavy atom. The van der Waals surface area contributed by atoms with E-state index in [-0.39, 0.29) is 5.41 Å². The van der Waals surface area contributed by atoms with Gasteiger partial charge in [0.15, 0.2) is 0 Å². The summed E-state index contributed by atoms with van der Waals surface area (Å²) in [6.07, 6.45) is 0. The number of anilines is 1. The Morgan fingerprint density at radius 3 is 2.13 bits per heavy atom. The summed E-state index contributed by atoms with van der Waals surface area (Å²) in [7, 11) is 0. The summed E-state index contributed by atoms with van der Waals surface area (Å²) >= 11 is 0. The summed E-state index contributed by atoms with van der Waals surface area (Å²) in [5.41, 5.74) is 7.26. The number of hydrogen-bond donors (Lipinski definition) is 1. The van der Waals surface area contributed by atoms with E-state index in [0.29, 0.717) is 0 Å². The molecule has 0 amide bonds. The highest BCUT2D eigenvalue weighted by atomic mass is 14.5. The van der Waals surface area contributed by atoms with Crippen LogP contribution in [0.25, 0.3) is 0 Å². The first-order chi connectivity index (χ1) is 6.97. The third-order valence-corrected chi connectivity index (χ3v) is 1.62. The van der Waals surface area contributed by atoms with Gasteiger partial charge in [-0.1, -0.05) is 11.8 Å². The zero-order chi connectivity index (χ0) is 11.3. The van der Waals surface area contributed by atoms with Crippen LogP contribution in [0.15, 0.2) is 24.3 Å². The van der Waals surface area contributed by atoms with Gasteiger partial charge in [-0.05, 0) is 56.9 Å². The van der Waals surface area contributed by atoms with Gasteiger partial charge in [-0.3, -0.25) is 0 Å². The van der Waals surface area contributed by atoms with Crippen LogP contribution < -0.4 is 5.73 Å². The van der Waals surface area contributed by atoms with E-state index in [1.165, 1.54) is 0 Å². The van der Waals surface area contributed by atoms with Gasteiger partial charge in [-0.15, -0.1) is 0 Å². The number of nitrogen functional groups attached to an aromatic ring is 1. The predicted octanol–water partition coefficient (Wildman–Crippen LogP) is 2.67. The summed E-state index contributed by atoms with van der Waals surface area (Å²) < 4.78 is 0. The second kappa shape index (κ2) is 4.58. The fourth-order valence-electron chi connectivity index (χ4n) is 0.889. The molecule has 76 valence electrons. The van der Waals surface area contributed by atoms with Crippen LogP contribution >= 0.6 is 0 Å². The van der Waals surface area contributed by atoms with Gasteiger partial charge in [-0.2, -0.15) is 0 Å². The second-order valence-electron chi connectivity index (χ2n) is 4.37. The second-order valence-corrected chi connectivity index (χ2v) is 4.37. The van der Waals surface area contributed by atoms with E-state index in [2.05, 4.69) is 44.5 Å². The molecule has 0 unspecified atom stereocenters. The van der Waals surface area contributed by atoms with Crippen molar-refractivity contribution < 1.29 is 0 Å². The van der Waals surface area contributed by atoms with E-state index in [0.717, 1.165) is 11.3 Å². The molecular weight excluding hydrogens is 182 g/mol. The topological polar surface area (TPSA) is 26.0 Å². The maximum absolute atomic E-state index is 5.56. The Labute approximate surface area is 91.7 Å². The first-order valence-electron chi connectivity index (χ1n) is 4.86. The van der Waals surface area contributed by atoms with Crippen LogP contribution in [-0.2, 0) is 0 Å². The van der Waals surface area contributed by atoms with Crippen molar-refractivity contribution in [3.63, 3.8) is 0 Å². The highest BCUT2D eigenvalue weighted by Crippen LogP contribution is 2.09. The van der Waals surface area contributed by atoms with Crippen LogP contribution in [0.5, 0.6) is 0 Å². The minimum Gasteiger partial charge on any atom is -0.399 e. The lowest BCUT2D eigenvalue weighted by atomic mass is 9.98. The molecule has 0 saturated heterocycles. The number of benzene rings is 1. The van der Waals surface area contributed by atoms with Gasteiger partial charge in [0.25, 0.3) is 0 Å². The molecule has 0 heterocycles. The van der Waals surface area contributed by atoms with E-state index >= 15 is 0 Å². The Morgan fingerprint density at radius 2 is 1.60 bits per heavy atom. The fourth-order valence-corrected chi connectivity index (χ4v) is 0.889. The van der Waals surface area contributed by atoms with E-state index in [4.69, 9.17) is 5.73 Å². The molecule has 0 atom stereocenters. The summed E-state index contributed by atoms with van der Waals surface area (Å²) in [4.78, 5) is 0. The van der Waals surface area contributed by atoms with Crippen molar-refractivity contribution in [2.45, 2.75) is 20.8 Å². The average molecular weight is 197 g/mol. The number of hydrogen-bond acceptors (Lipinski definition) is 1. The summed E-state index contributed by atoms with van der Waals surface area (Å²) in [6, 6.07) is 7.45. The molecule has 0 aliphatic rings. The summed E-state index contributed by atoms with van der Waals surface area (Å²) in [5, 5.41) is 0. The van der Waals surface area contributed by atoms with Crippen molar-refractivity contribution in [1.29, 1.82) is 0 Å². The predicted molar refractivity (Wildman–Crippen MR) is 65.0 cm³/mol. The number of nitrogens with two attached hydrogens (primary N) is 1. The van der Waals surface area contributed by atoms with Crippen LogP contribution in [0.2, 0.25) is 0 Å². The highest BCUT2D eigenvalue weighted by Gasteiger charge is 2.02. The van der Waals surface area contributed by atoms with E-state index < -0.39 is 0 Å². The SMILES string of the molecule is CC(C)(C)C#CC#Cc1ccc(N)cc1. The summed E-state index contributed by atoms with van der Waals surface area (Å²) in [5.74, 6) is 11.7. The van der Waals surface area contributed by atoms with E-state index in [9.17, 15) is 0 Å². The van der Waals surface area contributed by atoms with Crippen LogP contribution in [0.4, 0.5) is 5.69 Å². The van der Waals surface area contributed by atoms with Gasteiger partial charge in [0.2, 0.25) is 0 Å². The maximum atomic E-state index is 5.56.